The van der Waals surface area contributed by atoms with Crippen LogP contribution in [0.2, 0.25) is 0 Å². The fraction of sp³-hybridized carbons (Fsp3) is 0.333. The first-order chi connectivity index (χ1) is 8.17. The van der Waals surface area contributed by atoms with Crippen LogP contribution in [0.15, 0.2) is 18.2 Å². The van der Waals surface area contributed by atoms with Gasteiger partial charge in [-0.15, -0.1) is 0 Å². The summed E-state index contributed by atoms with van der Waals surface area (Å²) in [6.45, 7) is 2.38. The number of aryl methyl sites for hydroxylation is 1. The van der Waals surface area contributed by atoms with Gasteiger partial charge in [-0.05, 0) is 24.1 Å². The van der Waals surface area contributed by atoms with Gasteiger partial charge in [0.05, 0.1) is 18.7 Å². The smallest absolute Gasteiger partial charge is 0.269 e. The molecule has 1 amide bonds. The molecule has 0 spiro atoms. The Bertz CT molecular complexity index is 560. The van der Waals surface area contributed by atoms with Crippen LogP contribution in [0.3, 0.4) is 0 Å². The lowest BCUT2D eigenvalue weighted by molar-refractivity contribution is 0.0996. The zero-order valence-electron chi connectivity index (χ0n) is 9.68. The molecule has 3 N–H and O–H groups in total. The van der Waals surface area contributed by atoms with Crippen LogP contribution < -0.4 is 5.73 Å². The molecule has 2 rings (SSSR count). The molecule has 0 aliphatic rings. The number of fused-ring (bicyclic) bond motifs is 1. The molecular weight excluding hydrogens is 218 g/mol. The molecule has 2 aromatic rings. The summed E-state index contributed by atoms with van der Waals surface area (Å²) in [6, 6.07) is 5.82. The molecule has 1 aromatic heterocycles. The average Bonchev–Trinajstić information content (AvgIpc) is 2.68. The Kier molecular flexibility index (Phi) is 3.10. The maximum atomic E-state index is 11.3. The number of primary amides is 1. The zero-order valence-corrected chi connectivity index (χ0v) is 9.68. The lowest BCUT2D eigenvalue weighted by Gasteiger charge is -2.00. The Morgan fingerprint density at radius 2 is 2.29 bits per heavy atom. The molecule has 0 aliphatic carbocycles. The number of aliphatic hydroxyl groups excluding tert-OH is 1. The van der Waals surface area contributed by atoms with Gasteiger partial charge in [0.25, 0.3) is 5.91 Å². The third-order valence-corrected chi connectivity index (χ3v) is 2.77. The largest absolute Gasteiger partial charge is 0.394 e. The van der Waals surface area contributed by atoms with Gasteiger partial charge in [0, 0.05) is 5.39 Å². The minimum absolute atomic E-state index is 0.0233. The van der Waals surface area contributed by atoms with Gasteiger partial charge in [0.1, 0.15) is 0 Å². The topological polar surface area (TPSA) is 81.1 Å². The Morgan fingerprint density at radius 1 is 1.53 bits per heavy atom. The van der Waals surface area contributed by atoms with E-state index in [1.807, 2.05) is 25.1 Å². The van der Waals surface area contributed by atoms with Gasteiger partial charge in [-0.3, -0.25) is 9.48 Å². The van der Waals surface area contributed by atoms with Gasteiger partial charge in [-0.25, -0.2) is 0 Å². The monoisotopic (exact) mass is 233 g/mol. The minimum atomic E-state index is -0.542. The molecule has 0 unspecified atom stereocenters. The number of nitrogens with two attached hydrogens (primary N) is 1. The number of aromatic nitrogens is 2. The molecule has 1 heterocycles. The summed E-state index contributed by atoms with van der Waals surface area (Å²) in [6.07, 6.45) is 0.888. The van der Waals surface area contributed by atoms with Crippen LogP contribution in [-0.4, -0.2) is 27.4 Å². The molecule has 5 heteroatoms. The average molecular weight is 233 g/mol. The molecule has 1 aromatic carbocycles. The SMILES string of the molecule is CCc1ccc2c(c1)c(C(N)=O)nn2CCO. The zero-order chi connectivity index (χ0) is 12.4. The van der Waals surface area contributed by atoms with Crippen molar-refractivity contribution in [3.05, 3.63) is 29.5 Å². The molecule has 90 valence electrons. The summed E-state index contributed by atoms with van der Waals surface area (Å²) in [5, 5.41) is 13.8. The van der Waals surface area contributed by atoms with Crippen LogP contribution >= 0.6 is 0 Å². The third-order valence-electron chi connectivity index (χ3n) is 2.77. The van der Waals surface area contributed by atoms with E-state index >= 15 is 0 Å². The van der Waals surface area contributed by atoms with E-state index in [0.29, 0.717) is 6.54 Å². The van der Waals surface area contributed by atoms with Crippen LogP contribution in [0.25, 0.3) is 10.9 Å². The second kappa shape index (κ2) is 4.55. The Morgan fingerprint density at radius 3 is 2.88 bits per heavy atom. The number of rotatable bonds is 4. The highest BCUT2D eigenvalue weighted by Crippen LogP contribution is 2.20. The standard InChI is InChI=1S/C12H15N3O2/c1-2-8-3-4-10-9(7-8)11(12(13)17)14-15(10)5-6-16/h3-4,7,16H,2,5-6H2,1H3,(H2,13,17). The van der Waals surface area contributed by atoms with E-state index in [1.165, 1.54) is 0 Å². The Labute approximate surface area is 98.8 Å². The van der Waals surface area contributed by atoms with Crippen molar-refractivity contribution in [2.45, 2.75) is 19.9 Å². The second-order valence-corrected chi connectivity index (χ2v) is 3.86. The first-order valence-electron chi connectivity index (χ1n) is 5.57. The number of hydrogen-bond acceptors (Lipinski definition) is 3. The van der Waals surface area contributed by atoms with Crippen molar-refractivity contribution < 1.29 is 9.90 Å². The lowest BCUT2D eigenvalue weighted by Crippen LogP contribution is -2.13. The minimum Gasteiger partial charge on any atom is -0.394 e. The van der Waals surface area contributed by atoms with Crippen molar-refractivity contribution in [3.8, 4) is 0 Å². The van der Waals surface area contributed by atoms with Crippen molar-refractivity contribution in [2.24, 2.45) is 5.73 Å². The first kappa shape index (κ1) is 11.6. The fourth-order valence-electron chi connectivity index (χ4n) is 1.89. The highest BCUT2D eigenvalue weighted by Gasteiger charge is 2.14. The normalized spacial score (nSPS) is 10.9. The number of carbonyl (C=O) groups excluding carboxylic acids is 1. The summed E-state index contributed by atoms with van der Waals surface area (Å²) < 4.78 is 1.61. The van der Waals surface area contributed by atoms with Gasteiger partial charge < -0.3 is 10.8 Å². The highest BCUT2D eigenvalue weighted by atomic mass is 16.3. The molecule has 0 radical (unpaired) electrons. The maximum absolute atomic E-state index is 11.3. The van der Waals surface area contributed by atoms with Gasteiger partial charge in [-0.2, -0.15) is 5.10 Å². The molecule has 0 atom stereocenters. The summed E-state index contributed by atoms with van der Waals surface area (Å²) in [4.78, 5) is 11.3. The lowest BCUT2D eigenvalue weighted by atomic mass is 10.1. The maximum Gasteiger partial charge on any atom is 0.269 e. The van der Waals surface area contributed by atoms with E-state index in [2.05, 4.69) is 5.10 Å². The molecule has 0 saturated carbocycles. The Hall–Kier alpha value is -1.88. The summed E-state index contributed by atoms with van der Waals surface area (Å²) in [5.41, 5.74) is 7.52. The van der Waals surface area contributed by atoms with E-state index in [1.54, 1.807) is 4.68 Å². The number of carbonyl (C=O) groups is 1. The van der Waals surface area contributed by atoms with E-state index in [9.17, 15) is 4.79 Å². The highest BCUT2D eigenvalue weighted by molar-refractivity contribution is 6.04. The van der Waals surface area contributed by atoms with E-state index in [4.69, 9.17) is 10.8 Å². The third kappa shape index (κ3) is 2.01. The van der Waals surface area contributed by atoms with Crippen LogP contribution in [-0.2, 0) is 13.0 Å². The summed E-state index contributed by atoms with van der Waals surface area (Å²) in [5.74, 6) is -0.542. The van der Waals surface area contributed by atoms with Crippen LogP contribution in [0.5, 0.6) is 0 Å². The number of aliphatic hydroxyl groups is 1. The predicted octanol–water partition coefficient (Wildman–Crippen LogP) is 0.690. The Balaban J connectivity index is 2.67. The number of benzene rings is 1. The fourth-order valence-corrected chi connectivity index (χ4v) is 1.89. The summed E-state index contributed by atoms with van der Waals surface area (Å²) >= 11 is 0. The van der Waals surface area contributed by atoms with Crippen LogP contribution in [0.1, 0.15) is 23.0 Å². The van der Waals surface area contributed by atoms with E-state index in [0.717, 1.165) is 22.9 Å². The molecular formula is C12H15N3O2. The van der Waals surface area contributed by atoms with Crippen molar-refractivity contribution in [3.63, 3.8) is 0 Å². The van der Waals surface area contributed by atoms with Gasteiger partial charge in [0.15, 0.2) is 5.69 Å². The second-order valence-electron chi connectivity index (χ2n) is 3.86. The molecule has 5 nitrogen and oxygen atoms in total. The van der Waals surface area contributed by atoms with Gasteiger partial charge in [0.2, 0.25) is 0 Å². The predicted molar refractivity (Wildman–Crippen MR) is 64.7 cm³/mol. The van der Waals surface area contributed by atoms with E-state index in [-0.39, 0.29) is 12.3 Å². The molecule has 0 aliphatic heterocycles. The van der Waals surface area contributed by atoms with Crippen molar-refractivity contribution >= 4 is 16.8 Å². The molecule has 0 saturated heterocycles. The first-order valence-corrected chi connectivity index (χ1v) is 5.57. The summed E-state index contributed by atoms with van der Waals surface area (Å²) in [7, 11) is 0. The van der Waals surface area contributed by atoms with Crippen molar-refractivity contribution in [2.75, 3.05) is 6.61 Å². The van der Waals surface area contributed by atoms with Crippen LogP contribution in [0.4, 0.5) is 0 Å². The van der Waals surface area contributed by atoms with Gasteiger partial charge in [-0.1, -0.05) is 13.0 Å². The number of nitrogens with zero attached hydrogens (tertiary/aromatic N) is 2. The number of amides is 1. The van der Waals surface area contributed by atoms with Gasteiger partial charge >= 0.3 is 0 Å². The number of hydrogen-bond donors (Lipinski definition) is 2. The molecule has 0 bridgehead atoms. The van der Waals surface area contributed by atoms with Crippen molar-refractivity contribution in [1.82, 2.24) is 9.78 Å². The van der Waals surface area contributed by atoms with Crippen molar-refractivity contribution in [1.29, 1.82) is 0 Å². The van der Waals surface area contributed by atoms with E-state index < -0.39 is 5.91 Å². The molecule has 17 heavy (non-hydrogen) atoms. The quantitative estimate of drug-likeness (QED) is 0.815. The van der Waals surface area contributed by atoms with Crippen LogP contribution in [0, 0.1) is 0 Å². The molecule has 0 fully saturated rings.